The predicted octanol–water partition coefficient (Wildman–Crippen LogP) is -0.243. The van der Waals surface area contributed by atoms with Gasteiger partial charge in [-0.25, -0.2) is 4.98 Å². The van der Waals surface area contributed by atoms with Crippen LogP contribution in [-0.4, -0.2) is 65.7 Å². The molecule has 1 saturated heterocycles. The maximum atomic E-state index is 4.29. The van der Waals surface area contributed by atoms with Gasteiger partial charge in [-0.05, 0) is 7.05 Å². The third-order valence-corrected chi connectivity index (χ3v) is 3.40. The van der Waals surface area contributed by atoms with Crippen LogP contribution in [0.5, 0.6) is 0 Å². The number of nitrogens with one attached hydrogen (secondary N) is 1. The van der Waals surface area contributed by atoms with Gasteiger partial charge in [0.05, 0.1) is 6.54 Å². The fraction of sp³-hybridized carbons (Fsp3) is 0.750. The van der Waals surface area contributed by atoms with Crippen molar-refractivity contribution in [3.8, 4) is 0 Å². The molecular weight excluding hydrogens is 214 g/mol. The number of nitrogens with zero attached hydrogens (tertiary/aromatic N) is 4. The molecule has 0 amide bonds. The summed E-state index contributed by atoms with van der Waals surface area (Å²) in [5, 5.41) is 3.45. The highest BCUT2D eigenvalue weighted by atomic mass is 15.2. The normalized spacial score (nSPS) is 18.7. The van der Waals surface area contributed by atoms with Gasteiger partial charge in [0.1, 0.15) is 5.82 Å². The van der Waals surface area contributed by atoms with Gasteiger partial charge >= 0.3 is 0 Å². The summed E-state index contributed by atoms with van der Waals surface area (Å²) in [5.41, 5.74) is 0. The number of rotatable bonds is 5. The van der Waals surface area contributed by atoms with Gasteiger partial charge in [-0.2, -0.15) is 0 Å². The SMILES string of the molecule is CN1CCN(CCNCc2nccn2C)CC1. The summed E-state index contributed by atoms with van der Waals surface area (Å²) in [7, 11) is 4.22. The van der Waals surface area contributed by atoms with E-state index in [-0.39, 0.29) is 0 Å². The predicted molar refractivity (Wildman–Crippen MR) is 68.9 cm³/mol. The van der Waals surface area contributed by atoms with E-state index in [1.807, 2.05) is 19.4 Å². The molecule has 1 aromatic rings. The Bertz CT molecular complexity index is 327. The zero-order chi connectivity index (χ0) is 12.1. The molecule has 1 aliphatic heterocycles. The van der Waals surface area contributed by atoms with Crippen LogP contribution in [0.4, 0.5) is 0 Å². The van der Waals surface area contributed by atoms with Crippen LogP contribution in [-0.2, 0) is 13.6 Å². The van der Waals surface area contributed by atoms with Gasteiger partial charge in [-0.1, -0.05) is 0 Å². The quantitative estimate of drug-likeness (QED) is 0.717. The van der Waals surface area contributed by atoms with Gasteiger partial charge in [0.25, 0.3) is 0 Å². The summed E-state index contributed by atoms with van der Waals surface area (Å²) in [6.07, 6.45) is 3.83. The number of aryl methyl sites for hydroxylation is 1. The van der Waals surface area contributed by atoms with Gasteiger partial charge in [0, 0.05) is 58.7 Å². The molecule has 0 bridgehead atoms. The zero-order valence-electron chi connectivity index (χ0n) is 10.9. The Morgan fingerprint density at radius 3 is 2.65 bits per heavy atom. The first-order valence-electron chi connectivity index (χ1n) is 6.33. The summed E-state index contributed by atoms with van der Waals surface area (Å²) in [6.45, 7) is 7.81. The van der Waals surface area contributed by atoms with E-state index in [0.717, 1.165) is 25.5 Å². The van der Waals surface area contributed by atoms with Gasteiger partial charge in [0.2, 0.25) is 0 Å². The van der Waals surface area contributed by atoms with Crippen LogP contribution >= 0.6 is 0 Å². The lowest BCUT2D eigenvalue weighted by Gasteiger charge is -2.32. The first kappa shape index (κ1) is 12.5. The highest BCUT2D eigenvalue weighted by Gasteiger charge is 2.12. The van der Waals surface area contributed by atoms with Crippen LogP contribution in [0.15, 0.2) is 12.4 Å². The molecule has 0 saturated carbocycles. The summed E-state index contributed by atoms with van der Waals surface area (Å²) in [5.74, 6) is 1.10. The van der Waals surface area contributed by atoms with Crippen LogP contribution in [0, 0.1) is 0 Å². The number of hydrogen-bond donors (Lipinski definition) is 1. The van der Waals surface area contributed by atoms with Crippen LogP contribution in [0.25, 0.3) is 0 Å². The number of hydrogen-bond acceptors (Lipinski definition) is 4. The summed E-state index contributed by atoms with van der Waals surface area (Å²) >= 11 is 0. The van der Waals surface area contributed by atoms with E-state index in [2.05, 4.69) is 31.7 Å². The number of aromatic nitrogens is 2. The Labute approximate surface area is 103 Å². The van der Waals surface area contributed by atoms with Crippen LogP contribution in [0.1, 0.15) is 5.82 Å². The van der Waals surface area contributed by atoms with Gasteiger partial charge in [0.15, 0.2) is 0 Å². The summed E-state index contributed by atoms with van der Waals surface area (Å²) < 4.78 is 2.06. The molecule has 96 valence electrons. The molecule has 0 spiro atoms. The Morgan fingerprint density at radius 2 is 2.00 bits per heavy atom. The maximum Gasteiger partial charge on any atom is 0.122 e. The van der Waals surface area contributed by atoms with Gasteiger partial charge in [-0.3, -0.25) is 4.90 Å². The topological polar surface area (TPSA) is 36.3 Å². The highest BCUT2D eigenvalue weighted by Crippen LogP contribution is 1.98. The average Bonchev–Trinajstić information content (AvgIpc) is 2.73. The highest BCUT2D eigenvalue weighted by molar-refractivity contribution is 4.90. The molecule has 5 heteroatoms. The molecule has 1 fully saturated rings. The standard InChI is InChI=1S/C12H23N5/c1-15-7-9-17(10-8-15)6-3-13-11-12-14-4-5-16(12)2/h4-5,13H,3,6-11H2,1-2H3. The Morgan fingerprint density at radius 1 is 1.24 bits per heavy atom. The van der Waals surface area contributed by atoms with Crippen molar-refractivity contribution in [1.82, 2.24) is 24.7 Å². The van der Waals surface area contributed by atoms with E-state index >= 15 is 0 Å². The lowest BCUT2D eigenvalue weighted by Crippen LogP contribution is -2.46. The fourth-order valence-corrected chi connectivity index (χ4v) is 2.08. The smallest absolute Gasteiger partial charge is 0.122 e. The van der Waals surface area contributed by atoms with E-state index in [1.54, 1.807) is 0 Å². The summed E-state index contributed by atoms with van der Waals surface area (Å²) in [6, 6.07) is 0. The van der Waals surface area contributed by atoms with Crippen LogP contribution in [0.3, 0.4) is 0 Å². The Balaban J connectivity index is 1.59. The lowest BCUT2D eigenvalue weighted by atomic mass is 10.3. The second kappa shape index (κ2) is 6.14. The average molecular weight is 237 g/mol. The maximum absolute atomic E-state index is 4.29. The molecule has 2 rings (SSSR count). The second-order valence-electron chi connectivity index (χ2n) is 4.78. The Hall–Kier alpha value is -0.910. The molecule has 0 unspecified atom stereocenters. The molecule has 1 N–H and O–H groups in total. The van der Waals surface area contributed by atoms with Crippen molar-refractivity contribution in [2.45, 2.75) is 6.54 Å². The van der Waals surface area contributed by atoms with E-state index < -0.39 is 0 Å². The molecule has 1 aliphatic rings. The van der Waals surface area contributed by atoms with Crippen molar-refractivity contribution in [2.75, 3.05) is 46.3 Å². The third-order valence-electron chi connectivity index (χ3n) is 3.40. The lowest BCUT2D eigenvalue weighted by molar-refractivity contribution is 0.154. The molecular formula is C12H23N5. The van der Waals surface area contributed by atoms with Crippen molar-refractivity contribution in [3.05, 3.63) is 18.2 Å². The zero-order valence-corrected chi connectivity index (χ0v) is 10.9. The second-order valence-corrected chi connectivity index (χ2v) is 4.78. The number of piperazine rings is 1. The first-order valence-corrected chi connectivity index (χ1v) is 6.33. The largest absolute Gasteiger partial charge is 0.337 e. The molecule has 2 heterocycles. The third kappa shape index (κ3) is 3.80. The number of imidazole rings is 1. The minimum Gasteiger partial charge on any atom is -0.337 e. The minimum absolute atomic E-state index is 0.858. The molecule has 0 radical (unpaired) electrons. The first-order chi connectivity index (χ1) is 8.25. The molecule has 1 aromatic heterocycles. The number of likely N-dealkylation sites (N-methyl/N-ethyl adjacent to an activating group) is 1. The monoisotopic (exact) mass is 237 g/mol. The molecule has 0 atom stereocenters. The van der Waals surface area contributed by atoms with Gasteiger partial charge in [-0.15, -0.1) is 0 Å². The summed E-state index contributed by atoms with van der Waals surface area (Å²) in [4.78, 5) is 9.20. The molecule has 17 heavy (non-hydrogen) atoms. The van der Waals surface area contributed by atoms with E-state index in [1.165, 1.54) is 26.2 Å². The van der Waals surface area contributed by atoms with E-state index in [9.17, 15) is 0 Å². The fourth-order valence-electron chi connectivity index (χ4n) is 2.08. The molecule has 0 aromatic carbocycles. The minimum atomic E-state index is 0.858. The van der Waals surface area contributed by atoms with E-state index in [0.29, 0.717) is 0 Å². The van der Waals surface area contributed by atoms with Crippen molar-refractivity contribution in [2.24, 2.45) is 7.05 Å². The van der Waals surface area contributed by atoms with Gasteiger partial charge < -0.3 is 14.8 Å². The van der Waals surface area contributed by atoms with E-state index in [4.69, 9.17) is 0 Å². The van der Waals surface area contributed by atoms with Crippen molar-refractivity contribution in [3.63, 3.8) is 0 Å². The van der Waals surface area contributed by atoms with Crippen LogP contribution in [0.2, 0.25) is 0 Å². The Kier molecular flexibility index (Phi) is 4.53. The van der Waals surface area contributed by atoms with Crippen molar-refractivity contribution >= 4 is 0 Å². The molecule has 5 nitrogen and oxygen atoms in total. The molecule has 0 aliphatic carbocycles. The van der Waals surface area contributed by atoms with Crippen LogP contribution < -0.4 is 5.32 Å². The van der Waals surface area contributed by atoms with Crippen molar-refractivity contribution in [1.29, 1.82) is 0 Å². The van der Waals surface area contributed by atoms with Crippen molar-refractivity contribution < 1.29 is 0 Å².